The Morgan fingerprint density at radius 1 is 0.812 bits per heavy atom. The number of hydrogen-bond acceptors (Lipinski definition) is 3. The summed E-state index contributed by atoms with van der Waals surface area (Å²) in [6, 6.07) is 0.278. The molecule has 0 amide bonds. The Bertz CT molecular complexity index is 119. The lowest BCUT2D eigenvalue weighted by atomic mass is 10.2. The Morgan fingerprint density at radius 3 is 1.75 bits per heavy atom. The molecule has 4 N–H and O–H groups in total. The predicted molar refractivity (Wildman–Crippen MR) is 72.7 cm³/mol. The molecule has 0 aromatic carbocycles. The van der Waals surface area contributed by atoms with Gasteiger partial charge in [0.15, 0.2) is 0 Å². The number of nitrogens with one attached hydrogen (secondary N) is 2. The zero-order valence-electron chi connectivity index (χ0n) is 11.4. The highest BCUT2D eigenvalue weighted by Gasteiger charge is 1.94. The van der Waals surface area contributed by atoms with Crippen LogP contribution in [0.25, 0.3) is 0 Å². The number of rotatable bonds is 11. The molecule has 0 radical (unpaired) electrons. The van der Waals surface area contributed by atoms with E-state index in [4.69, 9.17) is 5.73 Å². The van der Waals surface area contributed by atoms with Crippen molar-refractivity contribution in [3.63, 3.8) is 0 Å². The maximum Gasteiger partial charge on any atom is 0.0136 e. The minimum atomic E-state index is 0.278. The van der Waals surface area contributed by atoms with E-state index in [-0.39, 0.29) is 6.04 Å². The highest BCUT2D eigenvalue weighted by Crippen LogP contribution is 1.98. The largest absolute Gasteiger partial charge is 0.327 e. The monoisotopic (exact) mass is 229 g/mol. The molecule has 3 heteroatoms. The van der Waals surface area contributed by atoms with Gasteiger partial charge < -0.3 is 16.4 Å². The van der Waals surface area contributed by atoms with E-state index in [0.29, 0.717) is 0 Å². The van der Waals surface area contributed by atoms with E-state index in [0.717, 1.165) is 25.6 Å². The van der Waals surface area contributed by atoms with Crippen molar-refractivity contribution in [2.45, 2.75) is 52.5 Å². The molecule has 0 aliphatic carbocycles. The van der Waals surface area contributed by atoms with Crippen LogP contribution in [0.5, 0.6) is 0 Å². The lowest BCUT2D eigenvalue weighted by Crippen LogP contribution is -2.31. The van der Waals surface area contributed by atoms with Crippen molar-refractivity contribution in [3.8, 4) is 0 Å². The van der Waals surface area contributed by atoms with Crippen LogP contribution in [0.3, 0.4) is 0 Å². The van der Waals surface area contributed by atoms with Crippen LogP contribution < -0.4 is 16.4 Å². The molecule has 1 atom stereocenters. The fourth-order valence-corrected chi connectivity index (χ4v) is 1.57. The van der Waals surface area contributed by atoms with Gasteiger partial charge in [0, 0.05) is 12.6 Å². The van der Waals surface area contributed by atoms with Crippen LogP contribution in [0.15, 0.2) is 0 Å². The minimum absolute atomic E-state index is 0.278. The van der Waals surface area contributed by atoms with E-state index >= 15 is 0 Å². The number of nitrogens with two attached hydrogens (primary N) is 1. The average Bonchev–Trinajstić information content (AvgIpc) is 2.20. The second-order valence-electron chi connectivity index (χ2n) is 5.19. The third kappa shape index (κ3) is 13.9. The summed E-state index contributed by atoms with van der Waals surface area (Å²) in [5, 5.41) is 6.83. The second-order valence-corrected chi connectivity index (χ2v) is 5.19. The SMILES string of the molecule is CC(C)CNCCCCCCNCC(C)N. The van der Waals surface area contributed by atoms with Crippen LogP contribution >= 0.6 is 0 Å². The molecule has 0 bridgehead atoms. The van der Waals surface area contributed by atoms with E-state index in [2.05, 4.69) is 24.5 Å². The molecule has 0 heterocycles. The van der Waals surface area contributed by atoms with E-state index < -0.39 is 0 Å². The Balaban J connectivity index is 2.93. The van der Waals surface area contributed by atoms with Crippen LogP contribution in [0, 0.1) is 5.92 Å². The van der Waals surface area contributed by atoms with Crippen LogP contribution in [0.2, 0.25) is 0 Å². The van der Waals surface area contributed by atoms with E-state index in [1.54, 1.807) is 0 Å². The first-order valence-corrected chi connectivity index (χ1v) is 6.80. The molecular weight excluding hydrogens is 198 g/mol. The van der Waals surface area contributed by atoms with Crippen molar-refractivity contribution >= 4 is 0 Å². The Hall–Kier alpha value is -0.120. The normalized spacial score (nSPS) is 13.3. The van der Waals surface area contributed by atoms with Crippen molar-refractivity contribution in [3.05, 3.63) is 0 Å². The number of hydrogen-bond donors (Lipinski definition) is 3. The van der Waals surface area contributed by atoms with Gasteiger partial charge in [-0.05, 0) is 45.3 Å². The first-order valence-electron chi connectivity index (χ1n) is 6.80. The molecule has 0 aliphatic heterocycles. The van der Waals surface area contributed by atoms with Gasteiger partial charge in [0.05, 0.1) is 0 Å². The lowest BCUT2D eigenvalue weighted by Gasteiger charge is -2.08. The third-order valence-electron chi connectivity index (χ3n) is 2.48. The fraction of sp³-hybridized carbons (Fsp3) is 1.00. The Kier molecular flexibility index (Phi) is 11.3. The Morgan fingerprint density at radius 2 is 1.31 bits per heavy atom. The minimum Gasteiger partial charge on any atom is -0.327 e. The fourth-order valence-electron chi connectivity index (χ4n) is 1.57. The highest BCUT2D eigenvalue weighted by atomic mass is 14.9. The molecule has 0 aromatic heterocycles. The van der Waals surface area contributed by atoms with Gasteiger partial charge in [-0.15, -0.1) is 0 Å². The van der Waals surface area contributed by atoms with Gasteiger partial charge in [-0.2, -0.15) is 0 Å². The van der Waals surface area contributed by atoms with Gasteiger partial charge in [-0.25, -0.2) is 0 Å². The smallest absolute Gasteiger partial charge is 0.0136 e. The zero-order valence-corrected chi connectivity index (χ0v) is 11.4. The number of unbranched alkanes of at least 4 members (excludes halogenated alkanes) is 3. The molecule has 0 spiro atoms. The summed E-state index contributed by atoms with van der Waals surface area (Å²) in [6.07, 6.45) is 5.25. The summed E-state index contributed by atoms with van der Waals surface area (Å²) in [4.78, 5) is 0. The van der Waals surface area contributed by atoms with Gasteiger partial charge in [0.1, 0.15) is 0 Å². The molecule has 0 saturated heterocycles. The van der Waals surface area contributed by atoms with Crippen LogP contribution in [-0.2, 0) is 0 Å². The maximum absolute atomic E-state index is 5.64. The standard InChI is InChI=1S/C13H31N3/c1-12(2)10-15-8-6-4-5-7-9-16-11-13(3)14/h12-13,15-16H,4-11,14H2,1-3H3. The second kappa shape index (κ2) is 11.4. The maximum atomic E-state index is 5.64. The summed E-state index contributed by atoms with van der Waals surface area (Å²) < 4.78 is 0. The summed E-state index contributed by atoms with van der Waals surface area (Å²) in [5.74, 6) is 0.766. The van der Waals surface area contributed by atoms with Gasteiger partial charge in [0.25, 0.3) is 0 Å². The topological polar surface area (TPSA) is 50.1 Å². The molecule has 0 aliphatic rings. The first kappa shape index (κ1) is 15.9. The van der Waals surface area contributed by atoms with Gasteiger partial charge in [-0.1, -0.05) is 26.7 Å². The first-order chi connectivity index (χ1) is 7.63. The van der Waals surface area contributed by atoms with Crippen molar-refractivity contribution in [2.75, 3.05) is 26.2 Å². The Labute approximate surface area is 102 Å². The predicted octanol–water partition coefficient (Wildman–Crippen LogP) is 1.73. The van der Waals surface area contributed by atoms with Crippen molar-refractivity contribution in [1.82, 2.24) is 10.6 Å². The van der Waals surface area contributed by atoms with Crippen molar-refractivity contribution in [1.29, 1.82) is 0 Å². The molecule has 0 aromatic rings. The highest BCUT2D eigenvalue weighted by molar-refractivity contribution is 4.57. The van der Waals surface area contributed by atoms with Crippen LogP contribution in [-0.4, -0.2) is 32.2 Å². The van der Waals surface area contributed by atoms with Crippen molar-refractivity contribution in [2.24, 2.45) is 11.7 Å². The molecule has 0 saturated carbocycles. The molecule has 1 unspecified atom stereocenters. The zero-order chi connectivity index (χ0) is 12.2. The molecule has 0 rings (SSSR count). The van der Waals surface area contributed by atoms with Crippen LogP contribution in [0.1, 0.15) is 46.5 Å². The van der Waals surface area contributed by atoms with E-state index in [9.17, 15) is 0 Å². The van der Waals surface area contributed by atoms with E-state index in [1.807, 2.05) is 6.92 Å². The molecule has 98 valence electrons. The summed E-state index contributed by atoms with van der Waals surface area (Å²) in [6.45, 7) is 10.9. The van der Waals surface area contributed by atoms with E-state index in [1.165, 1.54) is 32.2 Å². The quantitative estimate of drug-likeness (QED) is 0.473. The molecule has 0 fully saturated rings. The summed E-state index contributed by atoms with van der Waals surface area (Å²) >= 11 is 0. The van der Waals surface area contributed by atoms with Gasteiger partial charge in [0.2, 0.25) is 0 Å². The summed E-state index contributed by atoms with van der Waals surface area (Å²) in [5.41, 5.74) is 5.64. The molecule has 3 nitrogen and oxygen atoms in total. The summed E-state index contributed by atoms with van der Waals surface area (Å²) in [7, 11) is 0. The lowest BCUT2D eigenvalue weighted by molar-refractivity contribution is 0.517. The average molecular weight is 229 g/mol. The van der Waals surface area contributed by atoms with Gasteiger partial charge >= 0.3 is 0 Å². The van der Waals surface area contributed by atoms with Crippen molar-refractivity contribution < 1.29 is 0 Å². The molecular formula is C13H31N3. The van der Waals surface area contributed by atoms with Gasteiger partial charge in [-0.3, -0.25) is 0 Å². The molecule has 16 heavy (non-hydrogen) atoms. The third-order valence-corrected chi connectivity index (χ3v) is 2.48. The van der Waals surface area contributed by atoms with Crippen LogP contribution in [0.4, 0.5) is 0 Å².